The summed E-state index contributed by atoms with van der Waals surface area (Å²) in [6.45, 7) is 3.78. The molecule has 0 spiro atoms. The number of ether oxygens (including phenoxy) is 1. The maximum atomic E-state index is 12.6. The van der Waals surface area contributed by atoms with Crippen molar-refractivity contribution in [1.29, 1.82) is 0 Å². The van der Waals surface area contributed by atoms with Gasteiger partial charge in [-0.2, -0.15) is 0 Å². The van der Waals surface area contributed by atoms with Gasteiger partial charge in [0, 0.05) is 23.7 Å². The molecule has 1 unspecified atom stereocenters. The maximum Gasteiger partial charge on any atom is 0.241 e. The molecule has 3 rings (SSSR count). The molecule has 1 aliphatic rings. The van der Waals surface area contributed by atoms with Gasteiger partial charge in [-0.25, -0.2) is 0 Å². The number of carbonyl (C=O) groups excluding carboxylic acids is 1. The van der Waals surface area contributed by atoms with E-state index in [9.17, 15) is 4.79 Å². The van der Waals surface area contributed by atoms with Crippen molar-refractivity contribution in [3.63, 3.8) is 0 Å². The predicted molar refractivity (Wildman–Crippen MR) is 96.9 cm³/mol. The lowest BCUT2D eigenvalue weighted by molar-refractivity contribution is -0.121. The number of hydrogen-bond acceptors (Lipinski definition) is 3. The van der Waals surface area contributed by atoms with Crippen molar-refractivity contribution < 1.29 is 9.53 Å². The van der Waals surface area contributed by atoms with E-state index in [4.69, 9.17) is 27.9 Å². The van der Waals surface area contributed by atoms with Gasteiger partial charge >= 0.3 is 0 Å². The topological polar surface area (TPSA) is 41.6 Å². The highest BCUT2D eigenvalue weighted by Crippen LogP contribution is 2.27. The van der Waals surface area contributed by atoms with Crippen LogP contribution in [-0.2, 0) is 11.3 Å². The monoisotopic (exact) mass is 364 g/mol. The molecule has 1 heterocycles. The molecular formula is C18H18Cl2N2O2. The molecular weight excluding hydrogens is 347 g/mol. The smallest absolute Gasteiger partial charge is 0.241 e. The van der Waals surface area contributed by atoms with Crippen molar-refractivity contribution in [1.82, 2.24) is 4.90 Å². The van der Waals surface area contributed by atoms with Gasteiger partial charge in [0.05, 0.1) is 16.8 Å². The summed E-state index contributed by atoms with van der Waals surface area (Å²) >= 11 is 12.0. The number of rotatable bonds is 3. The Labute approximate surface area is 151 Å². The molecule has 24 heavy (non-hydrogen) atoms. The number of carbonyl (C=O) groups is 1. The average Bonchev–Trinajstić information content (AvgIpc) is 2.79. The zero-order valence-electron chi connectivity index (χ0n) is 13.3. The third kappa shape index (κ3) is 3.83. The highest BCUT2D eigenvalue weighted by atomic mass is 35.5. The van der Waals surface area contributed by atoms with E-state index in [-0.39, 0.29) is 11.9 Å². The van der Waals surface area contributed by atoms with Crippen molar-refractivity contribution in [3.8, 4) is 5.75 Å². The van der Waals surface area contributed by atoms with Crippen LogP contribution in [-0.4, -0.2) is 30.0 Å². The molecule has 2 aromatic carbocycles. The number of halogens is 2. The minimum absolute atomic E-state index is 0.112. The second kappa shape index (κ2) is 7.43. The third-order valence-corrected chi connectivity index (χ3v) is 4.65. The van der Waals surface area contributed by atoms with Crippen LogP contribution in [0.3, 0.4) is 0 Å². The van der Waals surface area contributed by atoms with Crippen molar-refractivity contribution in [2.24, 2.45) is 0 Å². The van der Waals surface area contributed by atoms with Crippen LogP contribution in [0.15, 0.2) is 42.5 Å². The summed E-state index contributed by atoms with van der Waals surface area (Å²) in [5, 5.41) is 3.83. The van der Waals surface area contributed by atoms with E-state index in [1.54, 1.807) is 18.2 Å². The van der Waals surface area contributed by atoms with Gasteiger partial charge in [0.15, 0.2) is 0 Å². The Morgan fingerprint density at radius 1 is 1.25 bits per heavy atom. The fraction of sp³-hybridized carbons (Fsp3) is 0.278. The van der Waals surface area contributed by atoms with Crippen LogP contribution in [0, 0.1) is 0 Å². The minimum atomic E-state index is -0.313. The summed E-state index contributed by atoms with van der Waals surface area (Å²) in [5.74, 6) is 0.770. The van der Waals surface area contributed by atoms with Crippen LogP contribution in [0.25, 0.3) is 0 Å². The molecule has 1 N–H and O–H groups in total. The van der Waals surface area contributed by atoms with Gasteiger partial charge in [-0.15, -0.1) is 0 Å². The Morgan fingerprint density at radius 2 is 2.04 bits per heavy atom. The molecule has 126 valence electrons. The first-order chi connectivity index (χ1) is 11.5. The molecule has 2 aromatic rings. The van der Waals surface area contributed by atoms with E-state index in [0.29, 0.717) is 35.4 Å². The molecule has 0 saturated carbocycles. The molecule has 4 nitrogen and oxygen atoms in total. The van der Waals surface area contributed by atoms with Crippen LogP contribution in [0.1, 0.15) is 12.5 Å². The number of fused-ring (bicyclic) bond motifs is 1. The maximum absolute atomic E-state index is 12.6. The number of para-hydroxylation sites is 1. The summed E-state index contributed by atoms with van der Waals surface area (Å²) in [4.78, 5) is 14.7. The van der Waals surface area contributed by atoms with Crippen LogP contribution in [0.4, 0.5) is 5.69 Å². The van der Waals surface area contributed by atoms with Crippen molar-refractivity contribution in [3.05, 3.63) is 58.1 Å². The van der Waals surface area contributed by atoms with Gasteiger partial charge in [-0.3, -0.25) is 9.69 Å². The van der Waals surface area contributed by atoms with Crippen LogP contribution in [0.2, 0.25) is 10.0 Å². The first kappa shape index (κ1) is 17.1. The van der Waals surface area contributed by atoms with E-state index in [1.165, 1.54) is 0 Å². The highest BCUT2D eigenvalue weighted by molar-refractivity contribution is 6.36. The second-order valence-electron chi connectivity index (χ2n) is 5.72. The molecule has 0 radical (unpaired) electrons. The quantitative estimate of drug-likeness (QED) is 0.886. The number of nitrogens with one attached hydrogen (secondary N) is 1. The molecule has 1 atom stereocenters. The Morgan fingerprint density at radius 3 is 2.83 bits per heavy atom. The van der Waals surface area contributed by atoms with Crippen molar-refractivity contribution in [2.75, 3.05) is 18.5 Å². The van der Waals surface area contributed by atoms with Crippen molar-refractivity contribution in [2.45, 2.75) is 19.5 Å². The predicted octanol–water partition coefficient (Wildman–Crippen LogP) is 4.22. The number of benzene rings is 2. The first-order valence-electron chi connectivity index (χ1n) is 7.75. The van der Waals surface area contributed by atoms with Gasteiger partial charge in [0.1, 0.15) is 12.4 Å². The van der Waals surface area contributed by atoms with Gasteiger partial charge < -0.3 is 10.1 Å². The van der Waals surface area contributed by atoms with E-state index in [0.717, 1.165) is 11.3 Å². The summed E-state index contributed by atoms with van der Waals surface area (Å²) in [7, 11) is 0. The lowest BCUT2D eigenvalue weighted by atomic mass is 10.1. The van der Waals surface area contributed by atoms with E-state index in [1.807, 2.05) is 31.2 Å². The van der Waals surface area contributed by atoms with Crippen molar-refractivity contribution >= 4 is 34.8 Å². The molecule has 0 bridgehead atoms. The molecule has 0 aromatic heterocycles. The Bertz CT molecular complexity index is 752. The van der Waals surface area contributed by atoms with Crippen LogP contribution in [0.5, 0.6) is 5.75 Å². The van der Waals surface area contributed by atoms with E-state index in [2.05, 4.69) is 10.2 Å². The van der Waals surface area contributed by atoms with Crippen LogP contribution < -0.4 is 10.1 Å². The standard InChI is InChI=1S/C18H18Cl2N2O2/c1-12(18(23)21-16-7-6-14(19)10-15(16)20)22-8-9-24-17-5-3-2-4-13(17)11-22/h2-7,10,12H,8-9,11H2,1H3,(H,21,23). The van der Waals surface area contributed by atoms with Crippen LogP contribution >= 0.6 is 23.2 Å². The van der Waals surface area contributed by atoms with Gasteiger partial charge in [-0.05, 0) is 31.2 Å². The highest BCUT2D eigenvalue weighted by Gasteiger charge is 2.25. The van der Waals surface area contributed by atoms with Gasteiger partial charge in [0.25, 0.3) is 0 Å². The number of hydrogen-bond donors (Lipinski definition) is 1. The molecule has 1 aliphatic heterocycles. The van der Waals surface area contributed by atoms with E-state index < -0.39 is 0 Å². The zero-order valence-corrected chi connectivity index (χ0v) is 14.8. The molecule has 0 fully saturated rings. The van der Waals surface area contributed by atoms with Gasteiger partial charge in [-0.1, -0.05) is 41.4 Å². The fourth-order valence-corrected chi connectivity index (χ4v) is 3.13. The lowest BCUT2D eigenvalue weighted by Gasteiger charge is -2.26. The normalized spacial score (nSPS) is 15.8. The molecule has 0 saturated heterocycles. The zero-order chi connectivity index (χ0) is 17.1. The summed E-state index contributed by atoms with van der Waals surface area (Å²) in [6.07, 6.45) is 0. The number of nitrogens with zero attached hydrogens (tertiary/aromatic N) is 1. The third-order valence-electron chi connectivity index (χ3n) is 4.10. The summed E-state index contributed by atoms with van der Waals surface area (Å²) in [5.41, 5.74) is 1.64. The Kier molecular flexibility index (Phi) is 5.29. The minimum Gasteiger partial charge on any atom is -0.492 e. The Hall–Kier alpha value is -1.75. The second-order valence-corrected chi connectivity index (χ2v) is 6.56. The summed E-state index contributed by atoms with van der Waals surface area (Å²) < 4.78 is 5.75. The largest absolute Gasteiger partial charge is 0.492 e. The average molecular weight is 365 g/mol. The fourth-order valence-electron chi connectivity index (χ4n) is 2.67. The number of anilines is 1. The Balaban J connectivity index is 1.71. The SMILES string of the molecule is CC(C(=O)Nc1ccc(Cl)cc1Cl)N1CCOc2ccccc2C1. The number of amides is 1. The van der Waals surface area contributed by atoms with Gasteiger partial charge in [0.2, 0.25) is 5.91 Å². The molecule has 6 heteroatoms. The summed E-state index contributed by atoms with van der Waals surface area (Å²) in [6, 6.07) is 12.6. The lowest BCUT2D eigenvalue weighted by Crippen LogP contribution is -2.42. The first-order valence-corrected chi connectivity index (χ1v) is 8.51. The molecule has 1 amide bonds. The van der Waals surface area contributed by atoms with E-state index >= 15 is 0 Å². The molecule has 0 aliphatic carbocycles.